The van der Waals surface area contributed by atoms with Crippen LogP contribution in [0.4, 0.5) is 0 Å². The predicted molar refractivity (Wildman–Crippen MR) is 52.2 cm³/mol. The van der Waals surface area contributed by atoms with Gasteiger partial charge in [0.25, 0.3) is 0 Å². The van der Waals surface area contributed by atoms with Crippen LogP contribution in [0.3, 0.4) is 0 Å². The van der Waals surface area contributed by atoms with Gasteiger partial charge in [0.2, 0.25) is 0 Å². The van der Waals surface area contributed by atoms with E-state index in [0.29, 0.717) is 0 Å². The number of pyridine rings is 1. The fourth-order valence-corrected chi connectivity index (χ4v) is 1.57. The number of rotatable bonds is 2. The summed E-state index contributed by atoms with van der Waals surface area (Å²) in [5.41, 5.74) is 6.41. The highest BCUT2D eigenvalue weighted by molar-refractivity contribution is 8.13. The van der Waals surface area contributed by atoms with Crippen LogP contribution >= 0.6 is 11.8 Å². The molecule has 0 radical (unpaired) electrons. The maximum absolute atomic E-state index is 7.10. The summed E-state index contributed by atoms with van der Waals surface area (Å²) < 4.78 is 0. The quantitative estimate of drug-likeness (QED) is 0.540. The molecule has 0 spiro atoms. The minimum absolute atomic E-state index is 0.152. The van der Waals surface area contributed by atoms with Gasteiger partial charge in [-0.15, -0.1) is 0 Å². The van der Waals surface area contributed by atoms with E-state index in [1.165, 1.54) is 11.8 Å². The Bertz CT molecular complexity index is 260. The number of hydrogen-bond donors (Lipinski definition) is 2. The molecule has 64 valence electrons. The molecule has 3 N–H and O–H groups in total. The molecule has 0 saturated heterocycles. The third-order valence-corrected chi connectivity index (χ3v) is 2.36. The summed E-state index contributed by atoms with van der Waals surface area (Å²) in [6.07, 6.45) is 3.49. The molecular weight excluding hydrogens is 170 g/mol. The first-order valence-electron chi connectivity index (χ1n) is 3.60. The van der Waals surface area contributed by atoms with Crippen LogP contribution in [0.1, 0.15) is 17.7 Å². The minimum atomic E-state index is 0.152. The van der Waals surface area contributed by atoms with Crippen LogP contribution in [0, 0.1) is 5.41 Å². The summed E-state index contributed by atoms with van der Waals surface area (Å²) in [5, 5.41) is 7.48. The standard InChI is InChI=1S/C8H11N3S/c1-6(12-8(9)10)7-2-4-11-5-3-7/h2-6H,1H3,(H3,9,10). The molecule has 0 aliphatic heterocycles. The van der Waals surface area contributed by atoms with E-state index in [2.05, 4.69) is 4.98 Å². The fraction of sp³-hybridized carbons (Fsp3) is 0.250. The van der Waals surface area contributed by atoms with Crippen molar-refractivity contribution in [1.82, 2.24) is 4.98 Å². The van der Waals surface area contributed by atoms with Crippen molar-refractivity contribution in [2.24, 2.45) is 5.73 Å². The molecule has 12 heavy (non-hydrogen) atoms. The summed E-state index contributed by atoms with van der Waals surface area (Å²) in [4.78, 5) is 3.91. The lowest BCUT2D eigenvalue weighted by Gasteiger charge is -2.08. The second-order valence-electron chi connectivity index (χ2n) is 2.40. The summed E-state index contributed by atoms with van der Waals surface area (Å²) >= 11 is 1.34. The predicted octanol–water partition coefficient (Wildman–Crippen LogP) is 1.77. The van der Waals surface area contributed by atoms with Gasteiger partial charge in [0.1, 0.15) is 0 Å². The maximum Gasteiger partial charge on any atom is 0.151 e. The van der Waals surface area contributed by atoms with Gasteiger partial charge >= 0.3 is 0 Å². The molecule has 1 unspecified atom stereocenters. The number of nitrogens with two attached hydrogens (primary N) is 1. The van der Waals surface area contributed by atoms with Crippen molar-refractivity contribution in [2.45, 2.75) is 12.2 Å². The van der Waals surface area contributed by atoms with Crippen LogP contribution in [0.2, 0.25) is 0 Å². The molecule has 0 aromatic carbocycles. The lowest BCUT2D eigenvalue weighted by molar-refractivity contribution is 1.09. The van der Waals surface area contributed by atoms with Crippen molar-refractivity contribution >= 4 is 16.9 Å². The monoisotopic (exact) mass is 181 g/mol. The smallest absolute Gasteiger partial charge is 0.151 e. The lowest BCUT2D eigenvalue weighted by atomic mass is 10.2. The molecular formula is C8H11N3S. The van der Waals surface area contributed by atoms with E-state index in [1.54, 1.807) is 12.4 Å². The van der Waals surface area contributed by atoms with Gasteiger partial charge < -0.3 is 5.73 Å². The zero-order valence-electron chi connectivity index (χ0n) is 6.82. The highest BCUT2D eigenvalue weighted by Gasteiger charge is 2.05. The maximum atomic E-state index is 7.10. The number of nitrogens with one attached hydrogen (secondary N) is 1. The van der Waals surface area contributed by atoms with Crippen LogP contribution in [0.25, 0.3) is 0 Å². The third-order valence-electron chi connectivity index (χ3n) is 1.48. The highest BCUT2D eigenvalue weighted by Crippen LogP contribution is 2.26. The molecule has 0 aliphatic rings. The van der Waals surface area contributed by atoms with Crippen molar-refractivity contribution in [1.29, 1.82) is 5.41 Å². The Morgan fingerprint density at radius 2 is 2.17 bits per heavy atom. The van der Waals surface area contributed by atoms with Gasteiger partial charge in [0.05, 0.1) is 0 Å². The number of thioether (sulfide) groups is 1. The fourth-order valence-electron chi connectivity index (χ4n) is 0.893. The first kappa shape index (κ1) is 9.06. The molecule has 0 saturated carbocycles. The zero-order valence-corrected chi connectivity index (χ0v) is 7.64. The van der Waals surface area contributed by atoms with Gasteiger partial charge in [0, 0.05) is 17.6 Å². The zero-order chi connectivity index (χ0) is 8.97. The summed E-state index contributed by atoms with van der Waals surface area (Å²) in [7, 11) is 0. The molecule has 0 aliphatic carbocycles. The van der Waals surface area contributed by atoms with Crippen LogP contribution in [0.5, 0.6) is 0 Å². The van der Waals surface area contributed by atoms with Gasteiger partial charge in [-0.1, -0.05) is 11.8 Å². The average molecular weight is 181 g/mol. The number of amidine groups is 1. The Morgan fingerprint density at radius 1 is 1.58 bits per heavy atom. The first-order chi connectivity index (χ1) is 5.70. The van der Waals surface area contributed by atoms with E-state index in [0.717, 1.165) is 5.56 Å². The minimum Gasteiger partial charge on any atom is -0.379 e. The molecule has 0 bridgehead atoms. The third kappa shape index (κ3) is 2.54. The molecule has 1 aromatic rings. The van der Waals surface area contributed by atoms with Crippen molar-refractivity contribution in [3.05, 3.63) is 30.1 Å². The molecule has 1 rings (SSSR count). The molecule has 1 aromatic heterocycles. The largest absolute Gasteiger partial charge is 0.379 e. The molecule has 1 atom stereocenters. The van der Waals surface area contributed by atoms with E-state index in [-0.39, 0.29) is 10.4 Å². The Balaban J connectivity index is 2.65. The number of nitrogens with zero attached hydrogens (tertiary/aromatic N) is 1. The van der Waals surface area contributed by atoms with Crippen LogP contribution < -0.4 is 5.73 Å². The van der Waals surface area contributed by atoms with E-state index in [4.69, 9.17) is 11.1 Å². The van der Waals surface area contributed by atoms with Crippen LogP contribution in [-0.2, 0) is 0 Å². The van der Waals surface area contributed by atoms with E-state index >= 15 is 0 Å². The molecule has 1 heterocycles. The number of aromatic nitrogens is 1. The van der Waals surface area contributed by atoms with Gasteiger partial charge in [-0.25, -0.2) is 0 Å². The lowest BCUT2D eigenvalue weighted by Crippen LogP contribution is -2.05. The van der Waals surface area contributed by atoms with Gasteiger partial charge in [-0.2, -0.15) is 0 Å². The normalized spacial score (nSPS) is 12.4. The Morgan fingerprint density at radius 3 is 2.67 bits per heavy atom. The first-order valence-corrected chi connectivity index (χ1v) is 4.48. The van der Waals surface area contributed by atoms with E-state index in [9.17, 15) is 0 Å². The van der Waals surface area contributed by atoms with E-state index in [1.807, 2.05) is 19.1 Å². The summed E-state index contributed by atoms with van der Waals surface area (Å²) in [6, 6.07) is 3.86. The van der Waals surface area contributed by atoms with Crippen molar-refractivity contribution < 1.29 is 0 Å². The van der Waals surface area contributed by atoms with Crippen molar-refractivity contribution in [2.75, 3.05) is 0 Å². The van der Waals surface area contributed by atoms with Crippen molar-refractivity contribution in [3.8, 4) is 0 Å². The molecule has 0 amide bonds. The van der Waals surface area contributed by atoms with E-state index < -0.39 is 0 Å². The average Bonchev–Trinajstić information content (AvgIpc) is 2.05. The Labute approximate surface area is 75.9 Å². The second-order valence-corrected chi connectivity index (χ2v) is 3.79. The van der Waals surface area contributed by atoms with Gasteiger partial charge in [0.15, 0.2) is 5.17 Å². The highest BCUT2D eigenvalue weighted by atomic mass is 32.2. The van der Waals surface area contributed by atoms with Gasteiger partial charge in [-0.3, -0.25) is 10.4 Å². The SMILES string of the molecule is CC(SC(=N)N)c1ccncc1. The van der Waals surface area contributed by atoms with Crippen LogP contribution in [-0.4, -0.2) is 10.2 Å². The van der Waals surface area contributed by atoms with Crippen LogP contribution in [0.15, 0.2) is 24.5 Å². The number of hydrogen-bond acceptors (Lipinski definition) is 3. The second kappa shape index (κ2) is 4.11. The summed E-state index contributed by atoms with van der Waals surface area (Å²) in [5.74, 6) is 0. The Hall–Kier alpha value is -1.03. The topological polar surface area (TPSA) is 62.8 Å². The molecule has 0 fully saturated rings. The van der Waals surface area contributed by atoms with Gasteiger partial charge in [-0.05, 0) is 24.6 Å². The molecule has 4 heteroatoms. The van der Waals surface area contributed by atoms with Crippen molar-refractivity contribution in [3.63, 3.8) is 0 Å². The summed E-state index contributed by atoms with van der Waals surface area (Å²) in [6.45, 7) is 2.02. The Kier molecular flexibility index (Phi) is 3.10. The molecule has 3 nitrogen and oxygen atoms in total.